The van der Waals surface area contributed by atoms with Gasteiger partial charge in [-0.1, -0.05) is 30.3 Å². The number of aryl methyl sites for hydroxylation is 2. The minimum absolute atomic E-state index is 0.0669. The number of urea groups is 1. The highest BCUT2D eigenvalue weighted by Crippen LogP contribution is 2.27. The van der Waals surface area contributed by atoms with Crippen molar-refractivity contribution in [2.24, 2.45) is 0 Å². The average molecular weight is 342 g/mol. The van der Waals surface area contributed by atoms with Crippen LogP contribution in [0.4, 0.5) is 4.79 Å². The van der Waals surface area contributed by atoms with Crippen LogP contribution in [0.1, 0.15) is 47.9 Å². The standard InChI is InChI=1S/C19H26N4O2/c1-13-17(14(2)22-21-13)12-20-19(25)23-10-6-9-16(23)11-18(24)15-7-4-3-5-8-15/h3-5,7-8,16,18,24H,6,9-12H2,1-2H3,(H,20,25)(H,21,22). The number of amides is 2. The van der Waals surface area contributed by atoms with Crippen LogP contribution in [-0.4, -0.2) is 38.8 Å². The van der Waals surface area contributed by atoms with E-state index in [0.29, 0.717) is 13.0 Å². The number of carbonyl (C=O) groups is 1. The van der Waals surface area contributed by atoms with Crippen molar-refractivity contribution in [1.82, 2.24) is 20.4 Å². The van der Waals surface area contributed by atoms with E-state index in [4.69, 9.17) is 0 Å². The fourth-order valence-corrected chi connectivity index (χ4v) is 3.52. The number of hydrogen-bond donors (Lipinski definition) is 3. The fraction of sp³-hybridized carbons (Fsp3) is 0.474. The molecular weight excluding hydrogens is 316 g/mol. The lowest BCUT2D eigenvalue weighted by molar-refractivity contribution is 0.126. The average Bonchev–Trinajstić information content (AvgIpc) is 3.20. The molecule has 1 saturated heterocycles. The van der Waals surface area contributed by atoms with Crippen LogP contribution in [0, 0.1) is 13.8 Å². The maximum atomic E-state index is 12.6. The summed E-state index contributed by atoms with van der Waals surface area (Å²) in [6.07, 6.45) is 1.93. The Morgan fingerprint density at radius 1 is 1.40 bits per heavy atom. The fourth-order valence-electron chi connectivity index (χ4n) is 3.52. The number of aliphatic hydroxyl groups excluding tert-OH is 1. The predicted octanol–water partition coefficient (Wildman–Crippen LogP) is 2.82. The van der Waals surface area contributed by atoms with Crippen LogP contribution in [0.2, 0.25) is 0 Å². The van der Waals surface area contributed by atoms with E-state index in [9.17, 15) is 9.90 Å². The molecule has 1 aromatic heterocycles. The van der Waals surface area contributed by atoms with Gasteiger partial charge in [-0.05, 0) is 38.7 Å². The molecule has 2 amide bonds. The highest BCUT2D eigenvalue weighted by atomic mass is 16.3. The number of aromatic nitrogens is 2. The molecule has 1 aliphatic heterocycles. The lowest BCUT2D eigenvalue weighted by atomic mass is 10.0. The first-order valence-electron chi connectivity index (χ1n) is 8.84. The maximum absolute atomic E-state index is 12.6. The molecule has 3 rings (SSSR count). The smallest absolute Gasteiger partial charge is 0.317 e. The van der Waals surface area contributed by atoms with E-state index in [1.165, 1.54) is 0 Å². The Morgan fingerprint density at radius 2 is 2.16 bits per heavy atom. The highest BCUT2D eigenvalue weighted by molar-refractivity contribution is 5.75. The quantitative estimate of drug-likeness (QED) is 0.781. The number of nitrogens with one attached hydrogen (secondary N) is 2. The number of nitrogens with zero attached hydrogens (tertiary/aromatic N) is 2. The number of aliphatic hydroxyl groups is 1. The van der Waals surface area contributed by atoms with Gasteiger partial charge in [-0.25, -0.2) is 4.79 Å². The summed E-state index contributed by atoms with van der Waals surface area (Å²) in [5.41, 5.74) is 3.83. The molecular formula is C19H26N4O2. The second-order valence-corrected chi connectivity index (χ2v) is 6.72. The van der Waals surface area contributed by atoms with E-state index in [1.807, 2.05) is 49.1 Å². The summed E-state index contributed by atoms with van der Waals surface area (Å²) in [6.45, 7) is 5.09. The zero-order valence-electron chi connectivity index (χ0n) is 14.8. The van der Waals surface area contributed by atoms with Crippen molar-refractivity contribution in [2.75, 3.05) is 6.54 Å². The summed E-state index contributed by atoms with van der Waals surface area (Å²) in [5.74, 6) is 0. The van der Waals surface area contributed by atoms with Crippen molar-refractivity contribution in [3.05, 3.63) is 52.8 Å². The normalized spacial score (nSPS) is 18.4. The Hall–Kier alpha value is -2.34. The largest absolute Gasteiger partial charge is 0.388 e. The van der Waals surface area contributed by atoms with Gasteiger partial charge in [0.05, 0.1) is 11.8 Å². The van der Waals surface area contributed by atoms with Crippen LogP contribution in [0.5, 0.6) is 0 Å². The number of likely N-dealkylation sites (tertiary alicyclic amines) is 1. The van der Waals surface area contributed by atoms with Gasteiger partial charge in [-0.15, -0.1) is 0 Å². The Bertz CT molecular complexity index is 694. The number of hydrogen-bond acceptors (Lipinski definition) is 3. The Morgan fingerprint density at radius 3 is 2.84 bits per heavy atom. The number of carbonyl (C=O) groups excluding carboxylic acids is 1. The van der Waals surface area contributed by atoms with Gasteiger partial charge in [0.1, 0.15) is 0 Å². The van der Waals surface area contributed by atoms with Gasteiger partial charge >= 0.3 is 6.03 Å². The molecule has 3 N–H and O–H groups in total. The van der Waals surface area contributed by atoms with Crippen LogP contribution in [0.25, 0.3) is 0 Å². The van der Waals surface area contributed by atoms with Crippen LogP contribution < -0.4 is 5.32 Å². The van der Waals surface area contributed by atoms with Gasteiger partial charge < -0.3 is 15.3 Å². The Balaban J connectivity index is 1.58. The number of aromatic amines is 1. The third-order valence-electron chi connectivity index (χ3n) is 5.01. The van der Waals surface area contributed by atoms with Gasteiger partial charge in [0.15, 0.2) is 0 Å². The highest BCUT2D eigenvalue weighted by Gasteiger charge is 2.30. The van der Waals surface area contributed by atoms with Gasteiger partial charge in [0.25, 0.3) is 0 Å². The molecule has 0 radical (unpaired) electrons. The van der Waals surface area contributed by atoms with E-state index < -0.39 is 6.10 Å². The molecule has 2 heterocycles. The molecule has 2 atom stereocenters. The summed E-state index contributed by atoms with van der Waals surface area (Å²) in [5, 5.41) is 20.6. The van der Waals surface area contributed by atoms with E-state index in [1.54, 1.807) is 0 Å². The number of rotatable bonds is 5. The summed E-state index contributed by atoms with van der Waals surface area (Å²) in [7, 11) is 0. The maximum Gasteiger partial charge on any atom is 0.317 e. The van der Waals surface area contributed by atoms with Gasteiger partial charge in [-0.2, -0.15) is 5.10 Å². The molecule has 1 aromatic carbocycles. The monoisotopic (exact) mass is 342 g/mol. The van der Waals surface area contributed by atoms with Crippen molar-refractivity contribution < 1.29 is 9.90 Å². The molecule has 134 valence electrons. The molecule has 0 saturated carbocycles. The molecule has 0 spiro atoms. The second-order valence-electron chi connectivity index (χ2n) is 6.72. The lowest BCUT2D eigenvalue weighted by Crippen LogP contribution is -2.43. The third kappa shape index (κ3) is 4.02. The summed E-state index contributed by atoms with van der Waals surface area (Å²) in [4.78, 5) is 14.5. The van der Waals surface area contributed by atoms with E-state index in [2.05, 4.69) is 15.5 Å². The van der Waals surface area contributed by atoms with Crippen LogP contribution in [0.3, 0.4) is 0 Å². The topological polar surface area (TPSA) is 81.2 Å². The van der Waals surface area contributed by atoms with Gasteiger partial charge in [-0.3, -0.25) is 5.10 Å². The zero-order valence-corrected chi connectivity index (χ0v) is 14.8. The van der Waals surface area contributed by atoms with Crippen LogP contribution >= 0.6 is 0 Å². The summed E-state index contributed by atoms with van der Waals surface area (Å²) >= 11 is 0. The lowest BCUT2D eigenvalue weighted by Gasteiger charge is -2.27. The van der Waals surface area contributed by atoms with Gasteiger partial charge in [0.2, 0.25) is 0 Å². The van der Waals surface area contributed by atoms with Crippen molar-refractivity contribution in [3.8, 4) is 0 Å². The number of benzene rings is 1. The molecule has 6 nitrogen and oxygen atoms in total. The molecule has 0 aliphatic carbocycles. The van der Waals surface area contributed by atoms with Crippen LogP contribution in [-0.2, 0) is 6.54 Å². The van der Waals surface area contributed by atoms with Crippen LogP contribution in [0.15, 0.2) is 30.3 Å². The molecule has 6 heteroatoms. The SMILES string of the molecule is Cc1n[nH]c(C)c1CNC(=O)N1CCCC1CC(O)c1ccccc1. The van der Waals surface area contributed by atoms with Crippen molar-refractivity contribution >= 4 is 6.03 Å². The molecule has 2 aromatic rings. The minimum atomic E-state index is -0.544. The van der Waals surface area contributed by atoms with Gasteiger partial charge in [0, 0.05) is 30.4 Å². The van der Waals surface area contributed by atoms with E-state index in [-0.39, 0.29) is 12.1 Å². The Kier molecular flexibility index (Phi) is 5.38. The Labute approximate surface area is 148 Å². The summed E-state index contributed by atoms with van der Waals surface area (Å²) in [6, 6.07) is 9.64. The first-order chi connectivity index (χ1) is 12.1. The summed E-state index contributed by atoms with van der Waals surface area (Å²) < 4.78 is 0. The molecule has 0 bridgehead atoms. The molecule has 25 heavy (non-hydrogen) atoms. The van der Waals surface area contributed by atoms with Crippen molar-refractivity contribution in [1.29, 1.82) is 0 Å². The molecule has 1 aliphatic rings. The first kappa shape index (κ1) is 17.5. The molecule has 2 unspecified atom stereocenters. The van der Waals surface area contributed by atoms with Crippen molar-refractivity contribution in [2.45, 2.75) is 51.8 Å². The first-order valence-corrected chi connectivity index (χ1v) is 8.84. The van der Waals surface area contributed by atoms with E-state index >= 15 is 0 Å². The molecule has 1 fully saturated rings. The minimum Gasteiger partial charge on any atom is -0.388 e. The third-order valence-corrected chi connectivity index (χ3v) is 5.01. The van der Waals surface area contributed by atoms with E-state index in [0.717, 1.165) is 41.9 Å². The predicted molar refractivity (Wildman–Crippen MR) is 96.0 cm³/mol. The number of H-pyrrole nitrogens is 1. The zero-order chi connectivity index (χ0) is 17.8. The second kappa shape index (κ2) is 7.70. The van der Waals surface area contributed by atoms with Crippen molar-refractivity contribution in [3.63, 3.8) is 0 Å².